The van der Waals surface area contributed by atoms with E-state index in [1.165, 1.54) is 18.2 Å². The van der Waals surface area contributed by atoms with Crippen molar-refractivity contribution in [3.8, 4) is 0 Å². The number of nitrogens with zero attached hydrogens (tertiary/aromatic N) is 1. The highest BCUT2D eigenvalue weighted by molar-refractivity contribution is 5.95. The third kappa shape index (κ3) is 5.56. The molecule has 156 valence electrons. The summed E-state index contributed by atoms with van der Waals surface area (Å²) in [6.07, 6.45) is 0.899. The molecule has 0 aliphatic carbocycles. The molecule has 5 nitrogen and oxygen atoms in total. The summed E-state index contributed by atoms with van der Waals surface area (Å²) in [5.74, 6) is -0.588. The number of benzene rings is 3. The summed E-state index contributed by atoms with van der Waals surface area (Å²) in [4.78, 5) is 26.8. The molecule has 0 fully saturated rings. The van der Waals surface area contributed by atoms with Gasteiger partial charge in [-0.05, 0) is 54.4 Å². The van der Waals surface area contributed by atoms with Crippen LogP contribution in [0.1, 0.15) is 26.7 Å². The molecule has 0 saturated carbocycles. The lowest BCUT2D eigenvalue weighted by Crippen LogP contribution is -2.42. The summed E-state index contributed by atoms with van der Waals surface area (Å²) in [5, 5.41) is 7.75. The first kappa shape index (κ1) is 21.3. The molecule has 3 aromatic carbocycles. The fourth-order valence-electron chi connectivity index (χ4n) is 3.22. The molecule has 6 heteroatoms. The SMILES string of the molecule is CCC(C)N(CCC(=O)Nc1ccc2ccccc2c1)C(=O)Nc1cccc(F)c1. The van der Waals surface area contributed by atoms with Gasteiger partial charge in [0.1, 0.15) is 5.82 Å². The lowest BCUT2D eigenvalue weighted by Gasteiger charge is -2.28. The molecule has 30 heavy (non-hydrogen) atoms. The van der Waals surface area contributed by atoms with Gasteiger partial charge in [-0.15, -0.1) is 0 Å². The average molecular weight is 407 g/mol. The average Bonchev–Trinajstić information content (AvgIpc) is 2.73. The van der Waals surface area contributed by atoms with Crippen LogP contribution in [0.3, 0.4) is 0 Å². The van der Waals surface area contributed by atoms with Crippen molar-refractivity contribution >= 4 is 34.1 Å². The molecule has 0 aromatic heterocycles. The summed E-state index contributed by atoms with van der Waals surface area (Å²) in [7, 11) is 0. The van der Waals surface area contributed by atoms with Crippen LogP contribution in [0.2, 0.25) is 0 Å². The number of urea groups is 1. The van der Waals surface area contributed by atoms with Crippen LogP contribution in [0.4, 0.5) is 20.6 Å². The van der Waals surface area contributed by atoms with Crippen molar-refractivity contribution in [3.05, 3.63) is 72.5 Å². The number of rotatable bonds is 7. The van der Waals surface area contributed by atoms with Gasteiger partial charge in [0.2, 0.25) is 5.91 Å². The van der Waals surface area contributed by atoms with Gasteiger partial charge >= 0.3 is 6.03 Å². The summed E-state index contributed by atoms with van der Waals surface area (Å²) >= 11 is 0. The van der Waals surface area contributed by atoms with Crippen molar-refractivity contribution in [1.82, 2.24) is 4.90 Å². The van der Waals surface area contributed by atoms with Gasteiger partial charge in [0.25, 0.3) is 0 Å². The Labute approximate surface area is 175 Å². The van der Waals surface area contributed by atoms with Gasteiger partial charge in [0.15, 0.2) is 0 Å². The van der Waals surface area contributed by atoms with E-state index in [1.54, 1.807) is 11.0 Å². The number of halogens is 1. The molecule has 2 N–H and O–H groups in total. The zero-order valence-corrected chi connectivity index (χ0v) is 17.2. The molecule has 0 aliphatic heterocycles. The predicted molar refractivity (Wildman–Crippen MR) is 119 cm³/mol. The fraction of sp³-hybridized carbons (Fsp3) is 0.250. The molecular weight excluding hydrogens is 381 g/mol. The second-order valence-electron chi connectivity index (χ2n) is 7.25. The van der Waals surface area contributed by atoms with Crippen LogP contribution in [-0.4, -0.2) is 29.4 Å². The first-order valence-electron chi connectivity index (χ1n) is 10.1. The largest absolute Gasteiger partial charge is 0.326 e. The predicted octanol–water partition coefficient (Wildman–Crippen LogP) is 5.64. The molecule has 3 aromatic rings. The topological polar surface area (TPSA) is 61.4 Å². The van der Waals surface area contributed by atoms with Gasteiger partial charge in [-0.2, -0.15) is 0 Å². The molecule has 0 aliphatic rings. The van der Waals surface area contributed by atoms with Crippen molar-refractivity contribution < 1.29 is 14.0 Å². The van der Waals surface area contributed by atoms with Crippen LogP contribution in [0.5, 0.6) is 0 Å². The highest BCUT2D eigenvalue weighted by atomic mass is 19.1. The molecule has 3 rings (SSSR count). The zero-order valence-electron chi connectivity index (χ0n) is 17.2. The van der Waals surface area contributed by atoms with Crippen molar-refractivity contribution in [1.29, 1.82) is 0 Å². The van der Waals surface area contributed by atoms with E-state index in [-0.39, 0.29) is 30.9 Å². The Balaban J connectivity index is 1.61. The van der Waals surface area contributed by atoms with Crippen LogP contribution in [-0.2, 0) is 4.79 Å². The number of hydrogen-bond acceptors (Lipinski definition) is 2. The van der Waals surface area contributed by atoms with E-state index in [0.717, 1.165) is 22.9 Å². The summed E-state index contributed by atoms with van der Waals surface area (Å²) in [6, 6.07) is 19.0. The van der Waals surface area contributed by atoms with Crippen molar-refractivity contribution in [2.24, 2.45) is 0 Å². The van der Waals surface area contributed by atoms with Crippen LogP contribution in [0.15, 0.2) is 66.7 Å². The zero-order chi connectivity index (χ0) is 21.5. The number of amides is 3. The van der Waals surface area contributed by atoms with E-state index in [9.17, 15) is 14.0 Å². The van der Waals surface area contributed by atoms with Crippen molar-refractivity contribution in [3.63, 3.8) is 0 Å². The van der Waals surface area contributed by atoms with E-state index < -0.39 is 5.82 Å². The highest BCUT2D eigenvalue weighted by Crippen LogP contribution is 2.19. The second kappa shape index (κ2) is 9.87. The minimum atomic E-state index is -0.419. The first-order valence-corrected chi connectivity index (χ1v) is 10.1. The van der Waals surface area contributed by atoms with E-state index in [0.29, 0.717) is 5.69 Å². The third-order valence-corrected chi connectivity index (χ3v) is 5.07. The van der Waals surface area contributed by atoms with Crippen molar-refractivity contribution in [2.75, 3.05) is 17.2 Å². The minimum absolute atomic E-state index is 0.0629. The van der Waals surface area contributed by atoms with E-state index in [1.807, 2.05) is 56.3 Å². The van der Waals surface area contributed by atoms with Gasteiger partial charge < -0.3 is 15.5 Å². The van der Waals surface area contributed by atoms with E-state index in [2.05, 4.69) is 10.6 Å². The molecule has 0 radical (unpaired) electrons. The number of carbonyl (C=O) groups excluding carboxylic acids is 2. The quantitative estimate of drug-likeness (QED) is 0.532. The number of nitrogens with one attached hydrogen (secondary N) is 2. The molecular formula is C24H26FN3O2. The Morgan fingerprint density at radius 3 is 2.40 bits per heavy atom. The molecule has 0 spiro atoms. The number of carbonyl (C=O) groups is 2. The van der Waals surface area contributed by atoms with Gasteiger partial charge in [-0.1, -0.05) is 43.3 Å². The molecule has 0 bridgehead atoms. The third-order valence-electron chi connectivity index (χ3n) is 5.07. The van der Waals surface area contributed by atoms with E-state index in [4.69, 9.17) is 0 Å². The molecule has 1 unspecified atom stereocenters. The molecule has 3 amide bonds. The Morgan fingerprint density at radius 1 is 0.933 bits per heavy atom. The van der Waals surface area contributed by atoms with E-state index >= 15 is 0 Å². The van der Waals surface area contributed by atoms with Gasteiger partial charge in [0, 0.05) is 30.4 Å². The molecule has 0 heterocycles. The van der Waals surface area contributed by atoms with Gasteiger partial charge in [-0.3, -0.25) is 4.79 Å². The Hall–Kier alpha value is -3.41. The van der Waals surface area contributed by atoms with Crippen LogP contribution >= 0.6 is 0 Å². The minimum Gasteiger partial charge on any atom is -0.326 e. The first-order chi connectivity index (χ1) is 14.5. The second-order valence-corrected chi connectivity index (χ2v) is 7.25. The highest BCUT2D eigenvalue weighted by Gasteiger charge is 2.20. The van der Waals surface area contributed by atoms with Gasteiger partial charge in [-0.25, -0.2) is 9.18 Å². The molecule has 0 saturated heterocycles. The summed E-state index contributed by atoms with van der Waals surface area (Å²) in [6.45, 7) is 4.16. The Bertz CT molecular complexity index is 1040. The fourth-order valence-corrected chi connectivity index (χ4v) is 3.22. The van der Waals surface area contributed by atoms with Crippen LogP contribution in [0, 0.1) is 5.82 Å². The standard InChI is InChI=1S/C24H26FN3O2/c1-3-17(2)28(24(30)27-21-10-6-9-20(25)16-21)14-13-23(29)26-22-12-11-18-7-4-5-8-19(18)15-22/h4-12,15-17H,3,13-14H2,1-2H3,(H,26,29)(H,27,30). The smallest absolute Gasteiger partial charge is 0.322 e. The maximum absolute atomic E-state index is 13.4. The normalized spacial score (nSPS) is 11.7. The maximum Gasteiger partial charge on any atom is 0.322 e. The maximum atomic E-state index is 13.4. The van der Waals surface area contributed by atoms with Crippen molar-refractivity contribution in [2.45, 2.75) is 32.7 Å². The number of fused-ring (bicyclic) bond motifs is 1. The van der Waals surface area contributed by atoms with Gasteiger partial charge in [0.05, 0.1) is 0 Å². The monoisotopic (exact) mass is 407 g/mol. The summed E-state index contributed by atoms with van der Waals surface area (Å²) < 4.78 is 13.4. The summed E-state index contributed by atoms with van der Waals surface area (Å²) in [5.41, 5.74) is 1.10. The van der Waals surface area contributed by atoms with Crippen LogP contribution < -0.4 is 10.6 Å². The number of anilines is 2. The Morgan fingerprint density at radius 2 is 1.67 bits per heavy atom. The Kier molecular flexibility index (Phi) is 7.01. The lowest BCUT2D eigenvalue weighted by atomic mass is 10.1. The lowest BCUT2D eigenvalue weighted by molar-refractivity contribution is -0.116. The molecule has 1 atom stereocenters. The number of hydrogen-bond donors (Lipinski definition) is 2. The van der Waals surface area contributed by atoms with Crippen LogP contribution in [0.25, 0.3) is 10.8 Å².